The van der Waals surface area contributed by atoms with Gasteiger partial charge in [-0.05, 0) is 122 Å². The highest BCUT2D eigenvalue weighted by atomic mass is 19.3. The van der Waals surface area contributed by atoms with Crippen molar-refractivity contribution in [1.29, 1.82) is 0 Å². The molecule has 3 rings (SSSR count). The van der Waals surface area contributed by atoms with E-state index in [1.165, 1.54) is 12.8 Å². The number of likely N-dealkylation sites (tertiary alicyclic amines) is 1. The second-order valence-electron chi connectivity index (χ2n) is 21.6. The second-order valence-corrected chi connectivity index (χ2v) is 21.6. The van der Waals surface area contributed by atoms with Crippen LogP contribution in [0.4, 0.5) is 13.6 Å². The highest BCUT2D eigenvalue weighted by molar-refractivity contribution is 5.75. The van der Waals surface area contributed by atoms with Crippen molar-refractivity contribution in [2.24, 2.45) is 16.7 Å². The highest BCUT2D eigenvalue weighted by Crippen LogP contribution is 2.72. The Morgan fingerprint density at radius 1 is 0.558 bits per heavy atom. The minimum Gasteiger partial charge on any atom is -0.465 e. The molecule has 0 aromatic carbocycles. The number of hydrogen-bond donors (Lipinski definition) is 1. The number of unbranched alkanes of at least 4 members (excludes halogenated alkanes) is 11. The number of rotatable bonds is 45. The van der Waals surface area contributed by atoms with E-state index < -0.39 is 85.2 Å². The predicted molar refractivity (Wildman–Crippen MR) is 288 cm³/mol. The molecule has 2 aliphatic carbocycles. The average molecular weight is 1100 g/mol. The lowest BCUT2D eigenvalue weighted by Gasteiger charge is -2.36. The van der Waals surface area contributed by atoms with Crippen LogP contribution in [-0.4, -0.2) is 125 Å². The molecule has 1 amide bonds. The zero-order valence-corrected chi connectivity index (χ0v) is 47.2. The van der Waals surface area contributed by atoms with Crippen molar-refractivity contribution in [3.8, 4) is 0 Å². The maximum Gasteiger partial charge on any atom is 0.407 e. The van der Waals surface area contributed by atoms with Gasteiger partial charge < -0.3 is 43.4 Å². The number of esters is 6. The van der Waals surface area contributed by atoms with E-state index in [0.717, 1.165) is 90.1 Å². The van der Waals surface area contributed by atoms with Gasteiger partial charge in [-0.2, -0.15) is 0 Å². The fraction of sp³-hybridized carbons (Fsp3) is 0.814. The standard InChI is InChI=1S/C59H96F2N2O14/c1-4-7-10-13-15-17-26-39-71-50(64)29-20-22-31-52(66)73-44-57(47-76-55(69)48-41-58(42-48)43-59(58,60)61,45-74-53(67)32-23-21-30-51(65)72-40-27-18-16-14-11-8-5-2)46-75-54(68)34-33-49(28-19-12-9-6-3)77-56(70)62-35-38-63-36-24-25-37-63/h15-18,48-49H,4-14,19-47H2,1-3H3,(H,62,70)/b17-15-,18-16-. The van der Waals surface area contributed by atoms with Crippen LogP contribution < -0.4 is 5.32 Å². The van der Waals surface area contributed by atoms with E-state index in [-0.39, 0.29) is 95.8 Å². The smallest absolute Gasteiger partial charge is 0.407 e. The number of nitrogens with zero attached hydrogens (tertiary/aromatic N) is 1. The molecular weight excluding hydrogens is 999 g/mol. The summed E-state index contributed by atoms with van der Waals surface area (Å²) in [6.45, 7) is 7.89. The third kappa shape index (κ3) is 29.3. The molecular formula is C59H96F2N2O14. The number of hydrogen-bond acceptors (Lipinski definition) is 15. The van der Waals surface area contributed by atoms with E-state index in [4.69, 9.17) is 33.2 Å². The molecule has 2 saturated carbocycles. The van der Waals surface area contributed by atoms with Gasteiger partial charge in [-0.3, -0.25) is 28.8 Å². The Morgan fingerprint density at radius 3 is 1.48 bits per heavy atom. The van der Waals surface area contributed by atoms with Crippen molar-refractivity contribution < 1.29 is 75.5 Å². The molecule has 1 heterocycles. The normalized spacial score (nSPS) is 18.2. The molecule has 0 aromatic rings. The molecule has 1 N–H and O–H groups in total. The average Bonchev–Trinajstić information content (AvgIpc) is 3.82. The van der Waals surface area contributed by atoms with E-state index in [1.54, 1.807) is 0 Å². The van der Waals surface area contributed by atoms with Crippen LogP contribution in [0.2, 0.25) is 0 Å². The molecule has 77 heavy (non-hydrogen) atoms. The summed E-state index contributed by atoms with van der Waals surface area (Å²) in [5, 5.41) is 2.82. The summed E-state index contributed by atoms with van der Waals surface area (Å²) in [5.41, 5.74) is -2.83. The Balaban J connectivity index is 1.66. The van der Waals surface area contributed by atoms with Gasteiger partial charge in [-0.25, -0.2) is 13.6 Å². The fourth-order valence-electron chi connectivity index (χ4n) is 9.44. The number of nitrogens with one attached hydrogen (secondary N) is 1. The molecule has 1 unspecified atom stereocenters. The van der Waals surface area contributed by atoms with Gasteiger partial charge in [0.1, 0.15) is 37.9 Å². The molecule has 1 saturated heterocycles. The summed E-state index contributed by atoms with van der Waals surface area (Å²) in [6, 6.07) is 0. The fourth-order valence-corrected chi connectivity index (χ4v) is 9.44. The lowest BCUT2D eigenvalue weighted by molar-refractivity contribution is -0.175. The molecule has 0 bridgehead atoms. The molecule has 1 aliphatic heterocycles. The molecule has 0 radical (unpaired) electrons. The van der Waals surface area contributed by atoms with Crippen molar-refractivity contribution in [2.75, 3.05) is 65.8 Å². The molecule has 0 aromatic heterocycles. The van der Waals surface area contributed by atoms with Crippen molar-refractivity contribution in [1.82, 2.24) is 10.2 Å². The van der Waals surface area contributed by atoms with Gasteiger partial charge in [0.25, 0.3) is 5.92 Å². The Labute approximate surface area is 458 Å². The molecule has 1 spiro atoms. The maximum absolute atomic E-state index is 14.1. The summed E-state index contributed by atoms with van der Waals surface area (Å²) in [4.78, 5) is 93.3. The first-order valence-corrected chi connectivity index (χ1v) is 29.4. The summed E-state index contributed by atoms with van der Waals surface area (Å²) < 4.78 is 67.6. The van der Waals surface area contributed by atoms with Crippen LogP contribution >= 0.6 is 0 Å². The van der Waals surface area contributed by atoms with Gasteiger partial charge in [0.15, 0.2) is 0 Å². The van der Waals surface area contributed by atoms with Crippen molar-refractivity contribution in [3.05, 3.63) is 24.3 Å². The molecule has 16 nitrogen and oxygen atoms in total. The van der Waals surface area contributed by atoms with Crippen LogP contribution in [-0.2, 0) is 61.9 Å². The van der Waals surface area contributed by atoms with Gasteiger partial charge in [-0.15, -0.1) is 0 Å². The van der Waals surface area contributed by atoms with E-state index in [9.17, 15) is 42.3 Å². The van der Waals surface area contributed by atoms with E-state index in [2.05, 4.69) is 43.1 Å². The molecule has 440 valence electrons. The third-order valence-electron chi connectivity index (χ3n) is 14.6. The van der Waals surface area contributed by atoms with Crippen LogP contribution in [0.1, 0.15) is 213 Å². The number of carbonyl (C=O) groups excluding carboxylic acids is 7. The van der Waals surface area contributed by atoms with Gasteiger partial charge >= 0.3 is 41.9 Å². The van der Waals surface area contributed by atoms with E-state index in [0.29, 0.717) is 45.2 Å². The van der Waals surface area contributed by atoms with E-state index >= 15 is 0 Å². The SMILES string of the molecule is CCCCC/C=C\CCOC(=O)CCCCC(=O)OCC(COC(=O)CCCCC(=O)OCC/C=C\CCCCC)(COC(=O)CCC(CCCCCC)OC(=O)NCCN1CCCC1)COC(=O)C1CC2(C1)CC2(F)F. The number of alkyl halides is 2. The van der Waals surface area contributed by atoms with Gasteiger partial charge in [0.05, 0.1) is 19.1 Å². The summed E-state index contributed by atoms with van der Waals surface area (Å²) in [7, 11) is 0. The number of alkyl carbamates (subject to hydrolysis) is 1. The number of amides is 1. The van der Waals surface area contributed by atoms with Crippen molar-refractivity contribution in [3.63, 3.8) is 0 Å². The van der Waals surface area contributed by atoms with Crippen LogP contribution in [0.25, 0.3) is 0 Å². The lowest BCUT2D eigenvalue weighted by atomic mass is 9.71. The van der Waals surface area contributed by atoms with E-state index in [1.807, 2.05) is 12.2 Å². The minimum atomic E-state index is -2.84. The van der Waals surface area contributed by atoms with Gasteiger partial charge in [-0.1, -0.05) is 90.0 Å². The first-order valence-electron chi connectivity index (χ1n) is 29.4. The number of allylic oxidation sites excluding steroid dienone is 2. The zero-order valence-electron chi connectivity index (χ0n) is 47.2. The Morgan fingerprint density at radius 2 is 1.00 bits per heavy atom. The van der Waals surface area contributed by atoms with Crippen LogP contribution in [0, 0.1) is 16.7 Å². The first kappa shape index (κ1) is 66.7. The number of carbonyl (C=O) groups is 7. The summed E-state index contributed by atoms with van der Waals surface area (Å²) >= 11 is 0. The molecule has 1 atom stereocenters. The minimum absolute atomic E-state index is 0.0453. The topological polar surface area (TPSA) is 199 Å². The van der Waals surface area contributed by atoms with Crippen LogP contribution in [0.3, 0.4) is 0 Å². The largest absolute Gasteiger partial charge is 0.465 e. The van der Waals surface area contributed by atoms with Crippen molar-refractivity contribution in [2.45, 2.75) is 225 Å². The number of halogens is 2. The molecule has 18 heteroatoms. The Kier molecular flexibility index (Phi) is 33.7. The Bertz CT molecular complexity index is 1740. The van der Waals surface area contributed by atoms with Crippen molar-refractivity contribution >= 4 is 41.9 Å². The monoisotopic (exact) mass is 1090 g/mol. The van der Waals surface area contributed by atoms with Crippen LogP contribution in [0.5, 0.6) is 0 Å². The quantitative estimate of drug-likeness (QED) is 0.0261. The number of ether oxygens (including phenoxy) is 7. The lowest BCUT2D eigenvalue weighted by Crippen LogP contribution is -2.45. The third-order valence-corrected chi connectivity index (χ3v) is 14.6. The Hall–Kier alpha value is -4.61. The molecule has 3 aliphatic rings. The predicted octanol–water partition coefficient (Wildman–Crippen LogP) is 11.8. The summed E-state index contributed by atoms with van der Waals surface area (Å²) in [6.07, 6.45) is 24.5. The van der Waals surface area contributed by atoms with Gasteiger partial charge in [0, 0.05) is 57.0 Å². The van der Waals surface area contributed by atoms with Crippen LogP contribution in [0.15, 0.2) is 24.3 Å². The van der Waals surface area contributed by atoms with Gasteiger partial charge in [0.2, 0.25) is 0 Å². The summed E-state index contributed by atoms with van der Waals surface area (Å²) in [5.74, 6) is -7.19. The maximum atomic E-state index is 14.1. The zero-order chi connectivity index (χ0) is 56.0. The molecule has 3 fully saturated rings. The first-order chi connectivity index (χ1) is 37.1. The second kappa shape index (κ2) is 38.9. The highest BCUT2D eigenvalue weighted by Gasteiger charge is 2.76.